The Bertz CT molecular complexity index is 1190. The van der Waals surface area contributed by atoms with Crippen LogP contribution in [0.3, 0.4) is 0 Å². The van der Waals surface area contributed by atoms with E-state index in [4.69, 9.17) is 0 Å². The molecule has 174 valence electrons. The van der Waals surface area contributed by atoms with Crippen molar-refractivity contribution in [3.63, 3.8) is 0 Å². The van der Waals surface area contributed by atoms with Crippen LogP contribution >= 0.6 is 0 Å². The zero-order valence-corrected chi connectivity index (χ0v) is 18.8. The maximum absolute atomic E-state index is 13.4. The third-order valence-corrected chi connectivity index (χ3v) is 5.97. The minimum atomic E-state index is -1.16. The first-order chi connectivity index (χ1) is 16.6. The molecule has 0 spiro atoms. The molecule has 4 aromatic rings. The Labute approximate surface area is 197 Å². The van der Waals surface area contributed by atoms with E-state index in [0.717, 1.165) is 0 Å². The van der Waals surface area contributed by atoms with Gasteiger partial charge in [-0.25, -0.2) is 9.67 Å². The predicted octanol–water partition coefficient (Wildman–Crippen LogP) is 1.85. The first-order valence-corrected chi connectivity index (χ1v) is 11.3. The average molecular weight is 458 g/mol. The van der Waals surface area contributed by atoms with Crippen LogP contribution in [0.5, 0.6) is 0 Å². The van der Waals surface area contributed by atoms with Gasteiger partial charge in [0.05, 0.1) is 18.7 Å². The standard InChI is InChI=1S/C25H27N7O2/c33-24(22-8-9-23(26-16-22)32-13-5-11-28-32)30-15-14-29(17-21-6-2-1-3-7-21)18-25(34,19-30)20-31-12-4-10-27-31/h1-13,16,34H,14-15,17-20H2/t25-/m0/s1. The topological polar surface area (TPSA) is 92.3 Å². The number of rotatable bonds is 6. The molecule has 1 amide bonds. The molecule has 0 radical (unpaired) electrons. The van der Waals surface area contributed by atoms with Crippen LogP contribution in [0.15, 0.2) is 85.6 Å². The summed E-state index contributed by atoms with van der Waals surface area (Å²) >= 11 is 0. The van der Waals surface area contributed by atoms with E-state index in [1.807, 2.05) is 36.5 Å². The summed E-state index contributed by atoms with van der Waals surface area (Å²) in [6, 6.07) is 17.3. The Hall–Kier alpha value is -3.82. The molecule has 1 aromatic carbocycles. The van der Waals surface area contributed by atoms with Crippen LogP contribution in [-0.4, -0.2) is 77.1 Å². The van der Waals surface area contributed by atoms with E-state index in [-0.39, 0.29) is 12.5 Å². The fraction of sp³-hybridized carbons (Fsp3) is 0.280. The van der Waals surface area contributed by atoms with Gasteiger partial charge in [0.25, 0.3) is 5.91 Å². The lowest BCUT2D eigenvalue weighted by Gasteiger charge is -2.33. The highest BCUT2D eigenvalue weighted by Gasteiger charge is 2.37. The Morgan fingerprint density at radius 1 is 0.941 bits per heavy atom. The van der Waals surface area contributed by atoms with Crippen LogP contribution in [0.4, 0.5) is 0 Å². The van der Waals surface area contributed by atoms with Crippen molar-refractivity contribution in [2.75, 3.05) is 26.2 Å². The van der Waals surface area contributed by atoms with E-state index in [0.29, 0.717) is 44.1 Å². The SMILES string of the molecule is O=C(c1ccc(-n2cccn2)nc1)N1CCN(Cc2ccccc2)C[C@@](O)(Cn2cccn2)C1. The summed E-state index contributed by atoms with van der Waals surface area (Å²) in [5.74, 6) is 0.488. The van der Waals surface area contributed by atoms with Gasteiger partial charge in [-0.3, -0.25) is 14.4 Å². The quantitative estimate of drug-likeness (QED) is 0.475. The van der Waals surface area contributed by atoms with Crippen molar-refractivity contribution in [1.29, 1.82) is 0 Å². The number of β-amino-alcohol motifs (C(OH)–C–C–N with tert-alkyl or cyclic N) is 1. The maximum Gasteiger partial charge on any atom is 0.255 e. The molecule has 4 heterocycles. The summed E-state index contributed by atoms with van der Waals surface area (Å²) in [5, 5.41) is 20.1. The van der Waals surface area contributed by atoms with Crippen LogP contribution in [0.2, 0.25) is 0 Å². The van der Waals surface area contributed by atoms with E-state index in [9.17, 15) is 9.90 Å². The largest absolute Gasteiger partial charge is 0.385 e. The first kappa shape index (κ1) is 22.0. The van der Waals surface area contributed by atoms with Gasteiger partial charge >= 0.3 is 0 Å². The molecule has 1 fully saturated rings. The summed E-state index contributed by atoms with van der Waals surface area (Å²) in [4.78, 5) is 21.7. The lowest BCUT2D eigenvalue weighted by atomic mass is 10.0. The Kier molecular flexibility index (Phi) is 6.20. The number of nitrogens with zero attached hydrogens (tertiary/aromatic N) is 7. The van der Waals surface area contributed by atoms with Gasteiger partial charge in [0.15, 0.2) is 5.82 Å². The Morgan fingerprint density at radius 3 is 2.47 bits per heavy atom. The van der Waals surface area contributed by atoms with Crippen LogP contribution in [0, 0.1) is 0 Å². The normalized spacial score (nSPS) is 19.1. The van der Waals surface area contributed by atoms with E-state index in [1.54, 1.807) is 51.2 Å². The highest BCUT2D eigenvalue weighted by molar-refractivity contribution is 5.94. The maximum atomic E-state index is 13.4. The van der Waals surface area contributed by atoms with Crippen LogP contribution < -0.4 is 0 Å². The molecule has 0 unspecified atom stereocenters. The summed E-state index contributed by atoms with van der Waals surface area (Å²) in [6.45, 7) is 2.80. The molecular weight excluding hydrogens is 430 g/mol. The number of hydrogen-bond donors (Lipinski definition) is 1. The number of pyridine rings is 1. The Morgan fingerprint density at radius 2 is 1.76 bits per heavy atom. The van der Waals surface area contributed by atoms with Gasteiger partial charge in [-0.15, -0.1) is 0 Å². The smallest absolute Gasteiger partial charge is 0.255 e. The third-order valence-electron chi connectivity index (χ3n) is 5.97. The minimum Gasteiger partial charge on any atom is -0.385 e. The minimum absolute atomic E-state index is 0.153. The van der Waals surface area contributed by atoms with Crippen molar-refractivity contribution in [2.45, 2.75) is 18.7 Å². The fourth-order valence-corrected chi connectivity index (χ4v) is 4.42. The monoisotopic (exact) mass is 457 g/mol. The molecule has 1 N–H and O–H groups in total. The second-order valence-electron chi connectivity index (χ2n) is 8.71. The van der Waals surface area contributed by atoms with Crippen molar-refractivity contribution < 1.29 is 9.90 Å². The van der Waals surface area contributed by atoms with Crippen molar-refractivity contribution in [1.82, 2.24) is 34.3 Å². The van der Waals surface area contributed by atoms with Crippen molar-refractivity contribution >= 4 is 5.91 Å². The molecule has 5 rings (SSSR count). The van der Waals surface area contributed by atoms with E-state index in [2.05, 4.69) is 32.2 Å². The fourth-order valence-electron chi connectivity index (χ4n) is 4.42. The van der Waals surface area contributed by atoms with Crippen molar-refractivity contribution in [3.05, 3.63) is 96.7 Å². The van der Waals surface area contributed by atoms with E-state index >= 15 is 0 Å². The number of aliphatic hydroxyl groups is 1. The van der Waals surface area contributed by atoms with Crippen LogP contribution in [0.1, 0.15) is 15.9 Å². The highest BCUT2D eigenvalue weighted by atomic mass is 16.3. The molecule has 0 aliphatic carbocycles. The highest BCUT2D eigenvalue weighted by Crippen LogP contribution is 2.21. The van der Waals surface area contributed by atoms with Crippen LogP contribution in [-0.2, 0) is 13.1 Å². The third kappa shape index (κ3) is 5.05. The first-order valence-electron chi connectivity index (χ1n) is 11.3. The van der Waals surface area contributed by atoms with Gasteiger partial charge in [0.1, 0.15) is 5.60 Å². The zero-order valence-electron chi connectivity index (χ0n) is 18.8. The molecule has 0 bridgehead atoms. The molecule has 0 saturated carbocycles. The molecule has 9 nitrogen and oxygen atoms in total. The molecule has 1 aliphatic rings. The lowest BCUT2D eigenvalue weighted by molar-refractivity contribution is -0.0184. The molecular formula is C25H27N7O2. The molecule has 3 aromatic heterocycles. The zero-order chi connectivity index (χ0) is 23.4. The van der Waals surface area contributed by atoms with E-state index < -0.39 is 5.60 Å². The molecule has 1 aliphatic heterocycles. The van der Waals surface area contributed by atoms with Gasteiger partial charge in [0.2, 0.25) is 0 Å². The average Bonchev–Trinajstić information content (AvgIpc) is 3.54. The number of benzene rings is 1. The summed E-state index contributed by atoms with van der Waals surface area (Å²) in [7, 11) is 0. The number of aromatic nitrogens is 5. The number of carbonyl (C=O) groups is 1. The number of hydrogen-bond acceptors (Lipinski definition) is 6. The molecule has 1 atom stereocenters. The number of carbonyl (C=O) groups excluding carboxylic acids is 1. The lowest BCUT2D eigenvalue weighted by Crippen LogP contribution is -2.51. The van der Waals surface area contributed by atoms with Gasteiger partial charge in [-0.2, -0.15) is 10.2 Å². The van der Waals surface area contributed by atoms with E-state index in [1.165, 1.54) is 5.56 Å². The van der Waals surface area contributed by atoms with Crippen LogP contribution in [0.25, 0.3) is 5.82 Å². The van der Waals surface area contributed by atoms with Crippen molar-refractivity contribution in [3.8, 4) is 5.82 Å². The van der Waals surface area contributed by atoms with Gasteiger partial charge in [0, 0.05) is 57.2 Å². The molecule has 34 heavy (non-hydrogen) atoms. The molecule has 9 heteroatoms. The predicted molar refractivity (Wildman–Crippen MR) is 126 cm³/mol. The van der Waals surface area contributed by atoms with Gasteiger partial charge < -0.3 is 10.0 Å². The van der Waals surface area contributed by atoms with Crippen molar-refractivity contribution in [2.24, 2.45) is 0 Å². The second-order valence-corrected chi connectivity index (χ2v) is 8.71. The summed E-state index contributed by atoms with van der Waals surface area (Å²) in [6.07, 6.45) is 8.57. The number of amides is 1. The van der Waals surface area contributed by atoms with Gasteiger partial charge in [-0.05, 0) is 29.8 Å². The second kappa shape index (κ2) is 9.58. The Balaban J connectivity index is 1.36. The summed E-state index contributed by atoms with van der Waals surface area (Å²) in [5.41, 5.74) is 0.492. The molecule has 1 saturated heterocycles. The summed E-state index contributed by atoms with van der Waals surface area (Å²) < 4.78 is 3.36. The van der Waals surface area contributed by atoms with Gasteiger partial charge in [-0.1, -0.05) is 30.3 Å².